The van der Waals surface area contributed by atoms with Gasteiger partial charge in [-0.25, -0.2) is 4.98 Å². The van der Waals surface area contributed by atoms with Gasteiger partial charge in [0, 0.05) is 25.4 Å². The molecule has 2 aliphatic rings. The van der Waals surface area contributed by atoms with Crippen molar-refractivity contribution < 1.29 is 9.47 Å². The number of hydrogen-bond donors (Lipinski definition) is 0. The Labute approximate surface area is 174 Å². The molecule has 2 aromatic carbocycles. The molecule has 3 aromatic rings. The maximum atomic E-state index is 6.48. The number of nitrogens with zero attached hydrogens (tertiary/aromatic N) is 2. The number of thiazole rings is 1. The fourth-order valence-corrected chi connectivity index (χ4v) is 5.48. The van der Waals surface area contributed by atoms with Crippen molar-refractivity contribution in [2.45, 2.75) is 31.7 Å². The maximum Gasteiger partial charge on any atom is 0.179 e. The van der Waals surface area contributed by atoms with Crippen LogP contribution in [-0.2, 0) is 6.54 Å². The van der Waals surface area contributed by atoms with Crippen molar-refractivity contribution in [2.75, 3.05) is 26.3 Å². The quantitative estimate of drug-likeness (QED) is 0.567. The van der Waals surface area contributed by atoms with Crippen LogP contribution in [0.2, 0.25) is 5.02 Å². The number of benzene rings is 2. The second-order valence-corrected chi connectivity index (χ2v) is 9.02. The summed E-state index contributed by atoms with van der Waals surface area (Å²) >= 11 is 8.32. The van der Waals surface area contributed by atoms with Gasteiger partial charge in [0.1, 0.15) is 0 Å². The minimum atomic E-state index is 0.502. The highest BCUT2D eigenvalue weighted by Crippen LogP contribution is 2.39. The molecule has 1 aromatic heterocycles. The summed E-state index contributed by atoms with van der Waals surface area (Å²) in [5.74, 6) is 1.97. The zero-order chi connectivity index (χ0) is 18.9. The number of ether oxygens (including phenoxy) is 2. The van der Waals surface area contributed by atoms with Crippen molar-refractivity contribution in [3.63, 3.8) is 0 Å². The van der Waals surface area contributed by atoms with E-state index in [-0.39, 0.29) is 0 Å². The van der Waals surface area contributed by atoms with Crippen LogP contribution in [0.5, 0.6) is 11.5 Å². The second kappa shape index (κ2) is 7.90. The second-order valence-electron chi connectivity index (χ2n) is 7.55. The number of hydrogen-bond acceptors (Lipinski definition) is 5. The number of aromatic nitrogens is 1. The Morgan fingerprint density at radius 2 is 2.04 bits per heavy atom. The van der Waals surface area contributed by atoms with Crippen LogP contribution in [0.15, 0.2) is 36.4 Å². The molecular weight excluding hydrogens is 392 g/mol. The summed E-state index contributed by atoms with van der Waals surface area (Å²) in [5, 5.41) is 1.91. The third-order valence-corrected chi connectivity index (χ3v) is 6.91. The molecule has 0 N–H and O–H groups in total. The van der Waals surface area contributed by atoms with Gasteiger partial charge in [-0.1, -0.05) is 23.7 Å². The summed E-state index contributed by atoms with van der Waals surface area (Å²) in [6, 6.07) is 12.5. The Kier molecular flexibility index (Phi) is 5.14. The molecule has 3 heterocycles. The number of rotatable bonds is 3. The molecule has 0 aliphatic carbocycles. The summed E-state index contributed by atoms with van der Waals surface area (Å²) in [4.78, 5) is 7.40. The van der Waals surface area contributed by atoms with Crippen LogP contribution in [0.3, 0.4) is 0 Å². The average Bonchev–Trinajstić information content (AvgIpc) is 3.00. The molecule has 0 radical (unpaired) electrons. The summed E-state index contributed by atoms with van der Waals surface area (Å²) in [7, 11) is 0. The normalized spacial score (nSPS) is 20.2. The van der Waals surface area contributed by atoms with E-state index < -0.39 is 0 Å². The van der Waals surface area contributed by atoms with E-state index in [4.69, 9.17) is 26.1 Å². The molecule has 5 rings (SSSR count). The molecule has 1 unspecified atom stereocenters. The topological polar surface area (TPSA) is 34.6 Å². The summed E-state index contributed by atoms with van der Waals surface area (Å²) in [6.07, 6.45) is 3.29. The first-order valence-electron chi connectivity index (χ1n) is 9.92. The van der Waals surface area contributed by atoms with E-state index in [1.54, 1.807) is 0 Å². The highest BCUT2D eigenvalue weighted by atomic mass is 35.5. The Bertz CT molecular complexity index is 957. The number of fused-ring (bicyclic) bond motifs is 2. The minimum Gasteiger partial charge on any atom is -0.489 e. The van der Waals surface area contributed by atoms with Crippen molar-refractivity contribution >= 4 is 33.2 Å². The number of para-hydroxylation sites is 1. The van der Waals surface area contributed by atoms with Crippen LogP contribution in [0.1, 0.15) is 35.8 Å². The number of halogens is 1. The fraction of sp³-hybridized carbons (Fsp3) is 0.409. The van der Waals surface area contributed by atoms with Gasteiger partial charge < -0.3 is 9.47 Å². The monoisotopic (exact) mass is 414 g/mol. The van der Waals surface area contributed by atoms with E-state index in [0.717, 1.165) is 37.3 Å². The molecule has 146 valence electrons. The lowest BCUT2D eigenvalue weighted by atomic mass is 9.98. The minimum absolute atomic E-state index is 0.502. The first kappa shape index (κ1) is 18.2. The molecule has 1 saturated heterocycles. The SMILES string of the molecule is Clc1cc(CN2CCCC(c3nc4ccccc4s3)C2)cc2c1OCCCO2. The molecule has 1 fully saturated rings. The van der Waals surface area contributed by atoms with E-state index in [0.29, 0.717) is 29.9 Å². The average molecular weight is 415 g/mol. The van der Waals surface area contributed by atoms with Gasteiger partial charge in [-0.05, 0) is 49.2 Å². The molecule has 4 nitrogen and oxygen atoms in total. The van der Waals surface area contributed by atoms with Crippen LogP contribution < -0.4 is 9.47 Å². The largest absolute Gasteiger partial charge is 0.489 e. The summed E-state index contributed by atoms with van der Waals surface area (Å²) < 4.78 is 12.9. The molecule has 1 atom stereocenters. The van der Waals surface area contributed by atoms with Gasteiger partial charge in [0.15, 0.2) is 11.5 Å². The molecule has 2 aliphatic heterocycles. The molecule has 0 amide bonds. The predicted molar refractivity (Wildman–Crippen MR) is 114 cm³/mol. The van der Waals surface area contributed by atoms with Crippen LogP contribution in [0, 0.1) is 0 Å². The predicted octanol–water partition coefficient (Wildman–Crippen LogP) is 5.49. The lowest BCUT2D eigenvalue weighted by Crippen LogP contribution is -2.33. The molecule has 0 bridgehead atoms. The van der Waals surface area contributed by atoms with E-state index in [2.05, 4.69) is 35.2 Å². The van der Waals surface area contributed by atoms with E-state index in [1.807, 2.05) is 17.4 Å². The lowest BCUT2D eigenvalue weighted by molar-refractivity contribution is 0.200. The van der Waals surface area contributed by atoms with Crippen molar-refractivity contribution in [2.24, 2.45) is 0 Å². The standard InChI is InChI=1S/C22H23ClN2O2S/c23-17-11-15(12-19-21(17)27-10-4-9-26-19)13-25-8-3-5-16(14-25)22-24-18-6-1-2-7-20(18)28-22/h1-2,6-7,11-12,16H,3-5,8-10,13-14H2. The van der Waals surface area contributed by atoms with Gasteiger partial charge in [0.05, 0.1) is 33.5 Å². The van der Waals surface area contributed by atoms with Gasteiger partial charge in [0.2, 0.25) is 0 Å². The van der Waals surface area contributed by atoms with Crippen LogP contribution in [-0.4, -0.2) is 36.2 Å². The Hall–Kier alpha value is -1.82. The zero-order valence-electron chi connectivity index (χ0n) is 15.7. The van der Waals surface area contributed by atoms with Crippen molar-refractivity contribution in [3.8, 4) is 11.5 Å². The fourth-order valence-electron chi connectivity index (χ4n) is 4.10. The third-order valence-electron chi connectivity index (χ3n) is 5.43. The van der Waals surface area contributed by atoms with Crippen molar-refractivity contribution in [3.05, 3.63) is 52.0 Å². The molecule has 28 heavy (non-hydrogen) atoms. The number of likely N-dealkylation sites (tertiary alicyclic amines) is 1. The highest BCUT2D eigenvalue weighted by Gasteiger charge is 2.25. The zero-order valence-corrected chi connectivity index (χ0v) is 17.3. The Morgan fingerprint density at radius 1 is 1.14 bits per heavy atom. The lowest BCUT2D eigenvalue weighted by Gasteiger charge is -2.32. The number of piperidine rings is 1. The molecule has 0 spiro atoms. The van der Waals surface area contributed by atoms with Crippen molar-refractivity contribution in [1.82, 2.24) is 9.88 Å². The van der Waals surface area contributed by atoms with Crippen LogP contribution in [0.25, 0.3) is 10.2 Å². The van der Waals surface area contributed by atoms with Gasteiger partial charge in [-0.3, -0.25) is 4.90 Å². The van der Waals surface area contributed by atoms with E-state index in [9.17, 15) is 0 Å². The van der Waals surface area contributed by atoms with Gasteiger partial charge >= 0.3 is 0 Å². The van der Waals surface area contributed by atoms with E-state index in [1.165, 1.54) is 28.1 Å². The van der Waals surface area contributed by atoms with Crippen molar-refractivity contribution in [1.29, 1.82) is 0 Å². The molecule has 0 saturated carbocycles. The van der Waals surface area contributed by atoms with Crippen LogP contribution in [0.4, 0.5) is 0 Å². The van der Waals surface area contributed by atoms with Gasteiger partial charge in [-0.15, -0.1) is 11.3 Å². The van der Waals surface area contributed by atoms with Gasteiger partial charge in [-0.2, -0.15) is 0 Å². The molecule has 6 heteroatoms. The summed E-state index contributed by atoms with van der Waals surface area (Å²) in [6.45, 7) is 4.34. The Morgan fingerprint density at radius 3 is 2.96 bits per heavy atom. The first-order valence-corrected chi connectivity index (χ1v) is 11.1. The molecular formula is C22H23ClN2O2S. The smallest absolute Gasteiger partial charge is 0.179 e. The maximum absolute atomic E-state index is 6.48. The van der Waals surface area contributed by atoms with Gasteiger partial charge in [0.25, 0.3) is 0 Å². The summed E-state index contributed by atoms with van der Waals surface area (Å²) in [5.41, 5.74) is 2.30. The third kappa shape index (κ3) is 3.71. The Balaban J connectivity index is 1.33. The first-order chi connectivity index (χ1) is 13.8. The highest BCUT2D eigenvalue weighted by molar-refractivity contribution is 7.18. The van der Waals surface area contributed by atoms with E-state index >= 15 is 0 Å². The van der Waals surface area contributed by atoms with Crippen LogP contribution >= 0.6 is 22.9 Å².